The number of likely N-dealkylation sites (tertiary alicyclic amines) is 1. The number of aromatic nitrogens is 3. The van der Waals surface area contributed by atoms with E-state index in [4.69, 9.17) is 0 Å². The standard InChI is InChI=1S/C17H20N4O3/c22-15-5-1-2-9-20(15)11-7-16(23)21-10-3-4-13(12-21)14-6-8-18-17(24)19-14/h1-2,5-6,8-9,13H,3-4,7,10-12H2,(H,18,19,24). The molecule has 3 heterocycles. The summed E-state index contributed by atoms with van der Waals surface area (Å²) in [4.78, 5) is 43.7. The van der Waals surface area contributed by atoms with E-state index in [1.807, 2.05) is 4.90 Å². The van der Waals surface area contributed by atoms with Crippen LogP contribution in [0.25, 0.3) is 0 Å². The summed E-state index contributed by atoms with van der Waals surface area (Å²) >= 11 is 0. The summed E-state index contributed by atoms with van der Waals surface area (Å²) in [7, 11) is 0. The van der Waals surface area contributed by atoms with Gasteiger partial charge in [0, 0.05) is 56.1 Å². The molecule has 0 radical (unpaired) electrons. The van der Waals surface area contributed by atoms with E-state index in [2.05, 4.69) is 9.97 Å². The molecule has 126 valence electrons. The molecule has 7 nitrogen and oxygen atoms in total. The second-order valence-corrected chi connectivity index (χ2v) is 5.99. The Balaban J connectivity index is 1.62. The van der Waals surface area contributed by atoms with Crippen molar-refractivity contribution in [2.75, 3.05) is 13.1 Å². The van der Waals surface area contributed by atoms with Crippen LogP contribution in [0.5, 0.6) is 0 Å². The lowest BCUT2D eigenvalue weighted by Crippen LogP contribution is -2.40. The minimum atomic E-state index is -0.362. The predicted octanol–water partition coefficient (Wildman–Crippen LogP) is 0.728. The van der Waals surface area contributed by atoms with Gasteiger partial charge in [0.25, 0.3) is 5.56 Å². The maximum atomic E-state index is 12.5. The Morgan fingerprint density at radius 2 is 2.17 bits per heavy atom. The molecule has 1 unspecified atom stereocenters. The highest BCUT2D eigenvalue weighted by Gasteiger charge is 2.25. The zero-order valence-electron chi connectivity index (χ0n) is 13.4. The van der Waals surface area contributed by atoms with Gasteiger partial charge in [-0.2, -0.15) is 0 Å². The number of aryl methyl sites for hydroxylation is 1. The van der Waals surface area contributed by atoms with Crippen molar-refractivity contribution in [2.24, 2.45) is 0 Å². The molecular weight excluding hydrogens is 308 g/mol. The Labute approximate surface area is 139 Å². The molecule has 0 saturated carbocycles. The first-order valence-corrected chi connectivity index (χ1v) is 8.12. The fourth-order valence-electron chi connectivity index (χ4n) is 3.10. The maximum Gasteiger partial charge on any atom is 0.345 e. The smallest absolute Gasteiger partial charge is 0.342 e. The molecule has 0 aromatic carbocycles. The fraction of sp³-hybridized carbons (Fsp3) is 0.412. The number of piperidine rings is 1. The molecule has 1 amide bonds. The first-order valence-electron chi connectivity index (χ1n) is 8.12. The van der Waals surface area contributed by atoms with E-state index in [9.17, 15) is 14.4 Å². The molecule has 1 fully saturated rings. The first-order chi connectivity index (χ1) is 11.6. The highest BCUT2D eigenvalue weighted by Crippen LogP contribution is 2.25. The molecular formula is C17H20N4O3. The van der Waals surface area contributed by atoms with Gasteiger partial charge in [0.1, 0.15) is 0 Å². The molecule has 1 aliphatic heterocycles. The van der Waals surface area contributed by atoms with E-state index in [1.165, 1.54) is 12.3 Å². The highest BCUT2D eigenvalue weighted by atomic mass is 16.2. The quantitative estimate of drug-likeness (QED) is 0.896. The molecule has 24 heavy (non-hydrogen) atoms. The van der Waals surface area contributed by atoms with Crippen LogP contribution >= 0.6 is 0 Å². The number of nitrogens with zero attached hydrogens (tertiary/aromatic N) is 3. The Morgan fingerprint density at radius 3 is 2.96 bits per heavy atom. The van der Waals surface area contributed by atoms with Crippen LogP contribution in [0.1, 0.15) is 30.9 Å². The van der Waals surface area contributed by atoms with Crippen molar-refractivity contribution in [3.8, 4) is 0 Å². The van der Waals surface area contributed by atoms with Gasteiger partial charge in [0.2, 0.25) is 5.91 Å². The second kappa shape index (κ2) is 7.25. The van der Waals surface area contributed by atoms with Gasteiger partial charge in [-0.25, -0.2) is 9.78 Å². The number of hydrogen-bond acceptors (Lipinski definition) is 4. The van der Waals surface area contributed by atoms with Crippen LogP contribution in [-0.2, 0) is 11.3 Å². The van der Waals surface area contributed by atoms with E-state index < -0.39 is 0 Å². The molecule has 1 saturated heterocycles. The van der Waals surface area contributed by atoms with Crippen LogP contribution < -0.4 is 11.2 Å². The van der Waals surface area contributed by atoms with E-state index in [1.54, 1.807) is 29.0 Å². The van der Waals surface area contributed by atoms with Crippen molar-refractivity contribution in [2.45, 2.75) is 31.7 Å². The molecule has 7 heteroatoms. The number of hydrogen-bond donors (Lipinski definition) is 1. The lowest BCUT2D eigenvalue weighted by Gasteiger charge is -2.32. The summed E-state index contributed by atoms with van der Waals surface area (Å²) in [6, 6.07) is 6.75. The Kier molecular flexibility index (Phi) is 4.88. The second-order valence-electron chi connectivity index (χ2n) is 5.99. The van der Waals surface area contributed by atoms with Gasteiger partial charge in [-0.05, 0) is 25.0 Å². The number of aromatic amines is 1. The lowest BCUT2D eigenvalue weighted by molar-refractivity contribution is -0.132. The van der Waals surface area contributed by atoms with Crippen molar-refractivity contribution in [1.82, 2.24) is 19.4 Å². The van der Waals surface area contributed by atoms with Crippen molar-refractivity contribution in [1.29, 1.82) is 0 Å². The molecule has 0 aliphatic carbocycles. The van der Waals surface area contributed by atoms with E-state index in [0.29, 0.717) is 26.1 Å². The number of rotatable bonds is 4. The van der Waals surface area contributed by atoms with Crippen LogP contribution in [0.4, 0.5) is 0 Å². The van der Waals surface area contributed by atoms with Crippen molar-refractivity contribution in [3.63, 3.8) is 0 Å². The van der Waals surface area contributed by atoms with Crippen molar-refractivity contribution < 1.29 is 4.79 Å². The third-order valence-electron chi connectivity index (χ3n) is 4.38. The summed E-state index contributed by atoms with van der Waals surface area (Å²) in [6.07, 6.45) is 5.31. The average Bonchev–Trinajstić information content (AvgIpc) is 2.61. The largest absolute Gasteiger partial charge is 0.345 e. The normalized spacial score (nSPS) is 17.7. The fourth-order valence-corrected chi connectivity index (χ4v) is 3.10. The average molecular weight is 328 g/mol. The molecule has 2 aromatic rings. The lowest BCUT2D eigenvalue weighted by atomic mass is 9.94. The molecule has 1 atom stereocenters. The maximum absolute atomic E-state index is 12.5. The van der Waals surface area contributed by atoms with Gasteiger partial charge in [0.05, 0.1) is 0 Å². The summed E-state index contributed by atoms with van der Waals surface area (Å²) in [5, 5.41) is 0. The Hall–Kier alpha value is -2.70. The van der Waals surface area contributed by atoms with Crippen LogP contribution in [0.15, 0.2) is 46.2 Å². The highest BCUT2D eigenvalue weighted by molar-refractivity contribution is 5.76. The van der Waals surface area contributed by atoms with Crippen molar-refractivity contribution in [3.05, 3.63) is 63.2 Å². The third-order valence-corrected chi connectivity index (χ3v) is 4.38. The molecule has 0 bridgehead atoms. The third kappa shape index (κ3) is 3.79. The van der Waals surface area contributed by atoms with E-state index in [0.717, 1.165) is 18.5 Å². The number of amides is 1. The minimum Gasteiger partial charge on any atom is -0.342 e. The van der Waals surface area contributed by atoms with Crippen LogP contribution in [-0.4, -0.2) is 38.4 Å². The number of nitrogens with one attached hydrogen (secondary N) is 1. The SMILES string of the molecule is O=C(CCn1ccccc1=O)N1CCCC(c2ccnc(=O)[nH]2)C1. The Bertz CT molecular complexity index is 827. The minimum absolute atomic E-state index is 0.0341. The predicted molar refractivity (Wildman–Crippen MR) is 88.7 cm³/mol. The monoisotopic (exact) mass is 328 g/mol. The first kappa shape index (κ1) is 16.2. The number of H-pyrrole nitrogens is 1. The molecule has 0 spiro atoms. The number of carbonyl (C=O) groups excluding carboxylic acids is 1. The summed E-state index contributed by atoms with van der Waals surface area (Å²) in [5.41, 5.74) is 0.363. The molecule has 1 aliphatic rings. The zero-order valence-corrected chi connectivity index (χ0v) is 13.4. The van der Waals surface area contributed by atoms with Gasteiger partial charge < -0.3 is 14.5 Å². The summed E-state index contributed by atoms with van der Waals surface area (Å²) in [6.45, 7) is 1.68. The van der Waals surface area contributed by atoms with Gasteiger partial charge in [-0.3, -0.25) is 9.59 Å². The summed E-state index contributed by atoms with van der Waals surface area (Å²) in [5.74, 6) is 0.157. The van der Waals surface area contributed by atoms with Crippen LogP contribution in [0, 0.1) is 0 Å². The zero-order chi connectivity index (χ0) is 16.9. The van der Waals surface area contributed by atoms with Gasteiger partial charge >= 0.3 is 5.69 Å². The van der Waals surface area contributed by atoms with E-state index >= 15 is 0 Å². The number of pyridine rings is 1. The molecule has 2 aromatic heterocycles. The number of carbonyl (C=O) groups is 1. The molecule has 1 N–H and O–H groups in total. The van der Waals surface area contributed by atoms with E-state index in [-0.39, 0.29) is 23.1 Å². The molecule has 3 rings (SSSR count). The topological polar surface area (TPSA) is 88.1 Å². The van der Waals surface area contributed by atoms with Crippen molar-refractivity contribution >= 4 is 5.91 Å². The van der Waals surface area contributed by atoms with Gasteiger partial charge in [-0.1, -0.05) is 6.07 Å². The van der Waals surface area contributed by atoms with Crippen LogP contribution in [0.3, 0.4) is 0 Å². The Morgan fingerprint density at radius 1 is 1.29 bits per heavy atom. The van der Waals surface area contributed by atoms with Gasteiger partial charge in [0.15, 0.2) is 0 Å². The van der Waals surface area contributed by atoms with Gasteiger partial charge in [-0.15, -0.1) is 0 Å². The van der Waals surface area contributed by atoms with Crippen LogP contribution in [0.2, 0.25) is 0 Å². The summed E-state index contributed by atoms with van der Waals surface area (Å²) < 4.78 is 1.54.